The summed E-state index contributed by atoms with van der Waals surface area (Å²) in [5.41, 5.74) is 3.23. The predicted molar refractivity (Wildman–Crippen MR) is 105 cm³/mol. The summed E-state index contributed by atoms with van der Waals surface area (Å²) < 4.78 is 10.7. The highest BCUT2D eigenvalue weighted by molar-refractivity contribution is 7.98. The minimum absolute atomic E-state index is 0.440. The number of benzene rings is 2. The van der Waals surface area contributed by atoms with E-state index in [1.807, 2.05) is 48.5 Å². The van der Waals surface area contributed by atoms with Crippen molar-refractivity contribution in [1.82, 2.24) is 30.3 Å². The first-order valence-electron chi connectivity index (χ1n) is 8.52. The molecule has 0 radical (unpaired) electrons. The molecule has 1 N–H and O–H groups in total. The zero-order valence-corrected chi connectivity index (χ0v) is 15.6. The van der Waals surface area contributed by atoms with Crippen molar-refractivity contribution in [3.8, 4) is 17.1 Å². The maximum atomic E-state index is 5.35. The highest BCUT2D eigenvalue weighted by atomic mass is 32.2. The van der Waals surface area contributed by atoms with Gasteiger partial charge in [-0.1, -0.05) is 47.3 Å². The molecule has 0 unspecified atom stereocenters. The Bertz CT molecular complexity index is 1280. The Morgan fingerprint density at radius 3 is 2.82 bits per heavy atom. The molecule has 5 aromatic rings. The minimum Gasteiger partial charge on any atom is -0.496 e. The van der Waals surface area contributed by atoms with Crippen LogP contribution in [-0.2, 0) is 5.75 Å². The van der Waals surface area contributed by atoms with Gasteiger partial charge in [0.1, 0.15) is 11.3 Å². The molecular formula is C19H14N6O2S. The lowest BCUT2D eigenvalue weighted by Crippen LogP contribution is -1.92. The molecule has 0 aliphatic rings. The zero-order valence-electron chi connectivity index (χ0n) is 14.8. The maximum absolute atomic E-state index is 5.35. The SMILES string of the molecule is COc1ccccc1-c1noc(CSc2nnc3c(n2)[nH]c2ccccc23)n1. The topological polar surface area (TPSA) is 103 Å². The summed E-state index contributed by atoms with van der Waals surface area (Å²) >= 11 is 1.38. The number of rotatable bonds is 5. The van der Waals surface area contributed by atoms with Crippen LogP contribution >= 0.6 is 11.8 Å². The van der Waals surface area contributed by atoms with E-state index in [2.05, 4.69) is 30.3 Å². The monoisotopic (exact) mass is 390 g/mol. The van der Waals surface area contributed by atoms with Gasteiger partial charge in [-0.05, 0) is 18.2 Å². The highest BCUT2D eigenvalue weighted by Crippen LogP contribution is 2.28. The molecule has 138 valence electrons. The molecule has 0 spiro atoms. The number of ether oxygens (including phenoxy) is 1. The van der Waals surface area contributed by atoms with E-state index in [-0.39, 0.29) is 0 Å². The molecule has 9 heteroatoms. The van der Waals surface area contributed by atoms with E-state index in [1.54, 1.807) is 7.11 Å². The normalized spacial score (nSPS) is 11.3. The smallest absolute Gasteiger partial charge is 0.237 e. The van der Waals surface area contributed by atoms with Gasteiger partial charge in [0.15, 0.2) is 5.65 Å². The molecule has 2 aromatic carbocycles. The number of aromatic amines is 1. The second kappa shape index (κ2) is 6.93. The number of hydrogen-bond acceptors (Lipinski definition) is 8. The van der Waals surface area contributed by atoms with Gasteiger partial charge in [0.05, 0.1) is 18.4 Å². The fourth-order valence-corrected chi connectivity index (χ4v) is 3.57. The molecule has 0 bridgehead atoms. The van der Waals surface area contributed by atoms with Crippen molar-refractivity contribution < 1.29 is 9.26 Å². The van der Waals surface area contributed by atoms with Crippen molar-refractivity contribution in [1.29, 1.82) is 0 Å². The number of thioether (sulfide) groups is 1. The van der Waals surface area contributed by atoms with Crippen molar-refractivity contribution in [2.24, 2.45) is 0 Å². The number of methoxy groups -OCH3 is 1. The standard InChI is InChI=1S/C19H14N6O2S/c1-26-14-9-5-3-7-12(14)17-21-15(27-25-17)10-28-19-22-18-16(23-24-19)11-6-2-4-8-13(11)20-18/h2-9H,10H2,1H3,(H,20,22,24). The van der Waals surface area contributed by atoms with Gasteiger partial charge in [-0.25, -0.2) is 4.98 Å². The summed E-state index contributed by atoms with van der Waals surface area (Å²) in [6.45, 7) is 0. The van der Waals surface area contributed by atoms with E-state index in [0.29, 0.717) is 34.0 Å². The third kappa shape index (κ3) is 2.95. The van der Waals surface area contributed by atoms with E-state index in [1.165, 1.54) is 11.8 Å². The molecule has 0 saturated carbocycles. The lowest BCUT2D eigenvalue weighted by atomic mass is 10.2. The van der Waals surface area contributed by atoms with Gasteiger partial charge in [-0.3, -0.25) is 0 Å². The quantitative estimate of drug-likeness (QED) is 0.451. The molecule has 0 aliphatic heterocycles. The van der Waals surface area contributed by atoms with Crippen molar-refractivity contribution in [2.75, 3.05) is 7.11 Å². The van der Waals surface area contributed by atoms with Crippen LogP contribution in [0.1, 0.15) is 5.89 Å². The Morgan fingerprint density at radius 1 is 1.04 bits per heavy atom. The fraction of sp³-hybridized carbons (Fsp3) is 0.105. The first-order valence-corrected chi connectivity index (χ1v) is 9.50. The van der Waals surface area contributed by atoms with Crippen molar-refractivity contribution >= 4 is 33.8 Å². The van der Waals surface area contributed by atoms with Crippen LogP contribution in [0.5, 0.6) is 5.75 Å². The first kappa shape index (κ1) is 16.7. The second-order valence-electron chi connectivity index (χ2n) is 5.96. The molecule has 0 atom stereocenters. The average molecular weight is 390 g/mol. The summed E-state index contributed by atoms with van der Waals surface area (Å²) in [5, 5.41) is 14.1. The van der Waals surface area contributed by atoms with Gasteiger partial charge in [0, 0.05) is 10.9 Å². The van der Waals surface area contributed by atoms with Crippen LogP contribution in [0.2, 0.25) is 0 Å². The second-order valence-corrected chi connectivity index (χ2v) is 6.91. The summed E-state index contributed by atoms with van der Waals surface area (Å²) in [5.74, 6) is 2.10. The van der Waals surface area contributed by atoms with Gasteiger partial charge in [-0.15, -0.1) is 10.2 Å². The lowest BCUT2D eigenvalue weighted by Gasteiger charge is -2.02. The Morgan fingerprint density at radius 2 is 1.89 bits per heavy atom. The lowest BCUT2D eigenvalue weighted by molar-refractivity contribution is 0.390. The van der Waals surface area contributed by atoms with Gasteiger partial charge in [-0.2, -0.15) is 4.98 Å². The minimum atomic E-state index is 0.440. The van der Waals surface area contributed by atoms with Crippen LogP contribution < -0.4 is 4.74 Å². The molecule has 8 nitrogen and oxygen atoms in total. The maximum Gasteiger partial charge on any atom is 0.237 e. The fourth-order valence-electron chi connectivity index (χ4n) is 2.95. The van der Waals surface area contributed by atoms with Gasteiger partial charge >= 0.3 is 0 Å². The highest BCUT2D eigenvalue weighted by Gasteiger charge is 2.14. The number of H-pyrrole nitrogens is 1. The van der Waals surface area contributed by atoms with Crippen LogP contribution in [0, 0.1) is 0 Å². The largest absolute Gasteiger partial charge is 0.496 e. The third-order valence-corrected chi connectivity index (χ3v) is 5.07. The van der Waals surface area contributed by atoms with E-state index in [9.17, 15) is 0 Å². The van der Waals surface area contributed by atoms with Crippen LogP contribution in [0.3, 0.4) is 0 Å². The molecule has 5 rings (SSSR count). The Hall–Kier alpha value is -3.46. The Kier molecular flexibility index (Phi) is 4.13. The third-order valence-electron chi connectivity index (χ3n) is 4.24. The summed E-state index contributed by atoms with van der Waals surface area (Å²) in [7, 11) is 1.61. The van der Waals surface area contributed by atoms with Crippen LogP contribution in [0.25, 0.3) is 33.5 Å². The summed E-state index contributed by atoms with van der Waals surface area (Å²) in [6.07, 6.45) is 0. The van der Waals surface area contributed by atoms with Crippen LogP contribution in [0.15, 0.2) is 58.2 Å². The Labute approximate surface area is 163 Å². The van der Waals surface area contributed by atoms with Gasteiger partial charge < -0.3 is 14.2 Å². The number of nitrogens with zero attached hydrogens (tertiary/aromatic N) is 5. The number of nitrogens with one attached hydrogen (secondary N) is 1. The van der Waals surface area contributed by atoms with E-state index < -0.39 is 0 Å². The van der Waals surface area contributed by atoms with Crippen LogP contribution in [0.4, 0.5) is 0 Å². The molecule has 0 aliphatic carbocycles. The number of aromatic nitrogens is 6. The summed E-state index contributed by atoms with van der Waals surface area (Å²) in [4.78, 5) is 12.2. The molecule has 3 aromatic heterocycles. The van der Waals surface area contributed by atoms with E-state index >= 15 is 0 Å². The van der Waals surface area contributed by atoms with Gasteiger partial charge in [0.2, 0.25) is 16.9 Å². The molecule has 0 fully saturated rings. The molecule has 0 saturated heterocycles. The summed E-state index contributed by atoms with van der Waals surface area (Å²) in [6, 6.07) is 15.5. The molecule has 0 amide bonds. The molecular weight excluding hydrogens is 376 g/mol. The van der Waals surface area contributed by atoms with Gasteiger partial charge in [0.25, 0.3) is 0 Å². The van der Waals surface area contributed by atoms with E-state index in [4.69, 9.17) is 9.26 Å². The van der Waals surface area contributed by atoms with Crippen LogP contribution in [-0.4, -0.2) is 37.4 Å². The zero-order chi connectivity index (χ0) is 18.9. The molecule has 28 heavy (non-hydrogen) atoms. The Balaban J connectivity index is 1.36. The number of para-hydroxylation sites is 2. The van der Waals surface area contributed by atoms with E-state index in [0.717, 1.165) is 22.0 Å². The first-order chi connectivity index (χ1) is 13.8. The van der Waals surface area contributed by atoms with Crippen molar-refractivity contribution in [3.63, 3.8) is 0 Å². The van der Waals surface area contributed by atoms with Crippen molar-refractivity contribution in [3.05, 3.63) is 54.4 Å². The predicted octanol–water partition coefficient (Wildman–Crippen LogP) is 3.86. The number of fused-ring (bicyclic) bond motifs is 3. The molecule has 3 heterocycles. The number of hydrogen-bond donors (Lipinski definition) is 1. The van der Waals surface area contributed by atoms with Crippen molar-refractivity contribution in [2.45, 2.75) is 10.9 Å². The average Bonchev–Trinajstić information content (AvgIpc) is 3.36.